The second kappa shape index (κ2) is 13.2. The van der Waals surface area contributed by atoms with Gasteiger partial charge in [-0.3, -0.25) is 9.59 Å². The fourth-order valence-corrected chi connectivity index (χ4v) is 4.48. The van der Waals surface area contributed by atoms with E-state index in [0.29, 0.717) is 11.3 Å². The lowest BCUT2D eigenvalue weighted by atomic mass is 9.95. The summed E-state index contributed by atoms with van der Waals surface area (Å²) in [5.41, 5.74) is -2.44. The van der Waals surface area contributed by atoms with Gasteiger partial charge in [-0.15, -0.1) is 0 Å². The van der Waals surface area contributed by atoms with Crippen LogP contribution in [0.3, 0.4) is 0 Å². The average molecular weight is 606 g/mol. The van der Waals surface area contributed by atoms with E-state index >= 15 is 0 Å². The summed E-state index contributed by atoms with van der Waals surface area (Å²) in [6, 6.07) is 9.90. The van der Waals surface area contributed by atoms with Gasteiger partial charge in [-0.1, -0.05) is 19.1 Å². The maximum Gasteiger partial charge on any atom is 0.491 e. The molecular weight excluding hydrogens is 575 g/mol. The second-order valence-corrected chi connectivity index (χ2v) is 9.36. The number of ketones is 2. The van der Waals surface area contributed by atoms with E-state index in [2.05, 4.69) is 20.6 Å². The van der Waals surface area contributed by atoms with E-state index in [0.717, 1.165) is 10.5 Å². The first-order valence-electron chi connectivity index (χ1n) is 13.3. The topological polar surface area (TPSA) is 145 Å². The van der Waals surface area contributed by atoms with Crippen molar-refractivity contribution in [3.05, 3.63) is 53.9 Å². The van der Waals surface area contributed by atoms with Crippen LogP contribution in [0.2, 0.25) is 0 Å². The van der Waals surface area contributed by atoms with Crippen LogP contribution in [0.25, 0.3) is 11.5 Å². The summed E-state index contributed by atoms with van der Waals surface area (Å²) in [5, 5.41) is 5.94. The molecule has 0 radical (unpaired) electrons. The number of nitrogens with one attached hydrogen (secondary N) is 2. The first-order valence-corrected chi connectivity index (χ1v) is 13.3. The van der Waals surface area contributed by atoms with Crippen molar-refractivity contribution in [1.29, 1.82) is 0 Å². The molecule has 1 fully saturated rings. The largest absolute Gasteiger partial charge is 0.497 e. The fraction of sp³-hybridized carbons (Fsp3) is 0.393. The molecular formula is C28H30F3N5O7. The van der Waals surface area contributed by atoms with Crippen molar-refractivity contribution in [3.8, 4) is 23.1 Å². The van der Waals surface area contributed by atoms with Crippen LogP contribution in [0, 0.1) is 0 Å². The standard InChI is InChI=1S/C28H30F3N5O7/c1-4-20(37)27(36-13-11-32-12-14-36,43-26(39)28(29,30)31)23(38)22-25(34-16-17-5-7-19(40-2)8-6-17)42-24(35-22)18-9-10-33-21(15-18)41-3/h5-10,15,32,34H,4,11-14,16H2,1-3H3. The fourth-order valence-electron chi connectivity index (χ4n) is 4.48. The van der Waals surface area contributed by atoms with E-state index in [1.807, 2.05) is 0 Å². The van der Waals surface area contributed by atoms with E-state index in [1.165, 1.54) is 39.5 Å². The zero-order valence-corrected chi connectivity index (χ0v) is 23.6. The number of piperazine rings is 1. The monoisotopic (exact) mass is 605 g/mol. The van der Waals surface area contributed by atoms with E-state index < -0.39 is 41.6 Å². The Morgan fingerprint density at radius 3 is 2.37 bits per heavy atom. The number of carbonyl (C=O) groups excluding carboxylic acids is 3. The molecule has 12 nitrogen and oxygen atoms in total. The number of anilines is 1. The van der Waals surface area contributed by atoms with Gasteiger partial charge in [0.25, 0.3) is 11.5 Å². The molecule has 4 rings (SSSR count). The molecule has 230 valence electrons. The molecule has 2 N–H and O–H groups in total. The van der Waals surface area contributed by atoms with Gasteiger partial charge in [-0.25, -0.2) is 19.7 Å². The molecule has 0 amide bonds. The highest BCUT2D eigenvalue weighted by atomic mass is 19.4. The SMILES string of the molecule is CCC(=O)C(OC(=O)C(F)(F)F)(C(=O)c1nc(-c2ccnc(OC)c2)oc1NCc1ccc(OC)cc1)N1CCNCC1. The lowest BCUT2D eigenvalue weighted by Gasteiger charge is -2.41. The number of carbonyl (C=O) groups is 3. The molecule has 1 atom stereocenters. The molecule has 3 aromatic rings. The van der Waals surface area contributed by atoms with Crippen molar-refractivity contribution in [3.63, 3.8) is 0 Å². The number of benzene rings is 1. The first-order chi connectivity index (χ1) is 20.5. The summed E-state index contributed by atoms with van der Waals surface area (Å²) in [6.07, 6.45) is -4.49. The van der Waals surface area contributed by atoms with Crippen molar-refractivity contribution >= 4 is 23.4 Å². The zero-order valence-electron chi connectivity index (χ0n) is 23.6. The van der Waals surface area contributed by atoms with Gasteiger partial charge in [0.2, 0.25) is 17.7 Å². The number of Topliss-reactive ketones (excluding diaryl/α,β-unsaturated/α-hetero) is 2. The molecule has 15 heteroatoms. The summed E-state index contributed by atoms with van der Waals surface area (Å²) in [4.78, 5) is 49.5. The highest BCUT2D eigenvalue weighted by Crippen LogP contribution is 2.35. The van der Waals surface area contributed by atoms with E-state index in [4.69, 9.17) is 18.6 Å². The van der Waals surface area contributed by atoms with Crippen LogP contribution in [0.5, 0.6) is 11.6 Å². The van der Waals surface area contributed by atoms with Crippen LogP contribution < -0.4 is 20.1 Å². The summed E-state index contributed by atoms with van der Waals surface area (Å²) in [5.74, 6) is -4.58. The van der Waals surface area contributed by atoms with Gasteiger partial charge >= 0.3 is 12.1 Å². The predicted octanol–water partition coefficient (Wildman–Crippen LogP) is 3.23. The molecule has 0 bridgehead atoms. The van der Waals surface area contributed by atoms with Gasteiger partial charge in [0.1, 0.15) is 5.75 Å². The van der Waals surface area contributed by atoms with Gasteiger partial charge in [-0.05, 0) is 23.8 Å². The number of hydrogen-bond donors (Lipinski definition) is 2. The minimum absolute atomic E-state index is 0.0660. The Labute approximate surface area is 244 Å². The third kappa shape index (κ3) is 6.78. The maximum atomic E-state index is 14.4. The highest BCUT2D eigenvalue weighted by molar-refractivity contribution is 6.19. The van der Waals surface area contributed by atoms with Crippen molar-refractivity contribution in [2.75, 3.05) is 45.7 Å². The van der Waals surface area contributed by atoms with Crippen molar-refractivity contribution in [2.24, 2.45) is 0 Å². The Hall–Kier alpha value is -4.50. The number of alkyl halides is 3. The smallest absolute Gasteiger partial charge is 0.491 e. The Kier molecular flexibility index (Phi) is 9.66. The average Bonchev–Trinajstić information content (AvgIpc) is 3.46. The molecule has 43 heavy (non-hydrogen) atoms. The molecule has 0 saturated carbocycles. The Bertz CT molecular complexity index is 1460. The van der Waals surface area contributed by atoms with E-state index in [-0.39, 0.29) is 50.4 Å². The number of halogens is 3. The van der Waals surface area contributed by atoms with Crippen LogP contribution in [-0.2, 0) is 20.9 Å². The number of esters is 1. The van der Waals surface area contributed by atoms with Gasteiger partial charge in [0.05, 0.1) is 14.2 Å². The van der Waals surface area contributed by atoms with Crippen LogP contribution >= 0.6 is 0 Å². The maximum absolute atomic E-state index is 14.4. The normalized spacial score (nSPS) is 15.3. The number of hydrogen-bond acceptors (Lipinski definition) is 12. The summed E-state index contributed by atoms with van der Waals surface area (Å²) < 4.78 is 61.7. The molecule has 3 heterocycles. The van der Waals surface area contributed by atoms with Gasteiger partial charge in [0.15, 0.2) is 11.5 Å². The Morgan fingerprint density at radius 2 is 1.77 bits per heavy atom. The number of rotatable bonds is 12. The number of pyridine rings is 1. The molecule has 1 aliphatic rings. The minimum Gasteiger partial charge on any atom is -0.497 e. The predicted molar refractivity (Wildman–Crippen MR) is 146 cm³/mol. The van der Waals surface area contributed by atoms with Crippen LogP contribution in [0.1, 0.15) is 29.4 Å². The van der Waals surface area contributed by atoms with Crippen molar-refractivity contribution < 1.29 is 46.2 Å². The molecule has 1 aromatic carbocycles. The second-order valence-electron chi connectivity index (χ2n) is 9.36. The zero-order chi connectivity index (χ0) is 31.2. The minimum atomic E-state index is -5.48. The Balaban J connectivity index is 1.84. The number of nitrogens with zero attached hydrogens (tertiary/aromatic N) is 3. The van der Waals surface area contributed by atoms with Gasteiger partial charge in [0, 0.05) is 57.0 Å². The number of methoxy groups -OCH3 is 2. The third-order valence-electron chi connectivity index (χ3n) is 6.69. The van der Waals surface area contributed by atoms with Gasteiger partial charge in [-0.2, -0.15) is 13.2 Å². The Morgan fingerprint density at radius 1 is 1.07 bits per heavy atom. The summed E-state index contributed by atoms with van der Waals surface area (Å²) in [7, 11) is 2.91. The number of oxazole rings is 1. The third-order valence-corrected chi connectivity index (χ3v) is 6.69. The molecule has 1 aliphatic heterocycles. The lowest BCUT2D eigenvalue weighted by molar-refractivity contribution is -0.222. The molecule has 1 saturated heterocycles. The quantitative estimate of drug-likeness (QED) is 0.178. The number of ether oxygens (including phenoxy) is 3. The molecule has 2 aromatic heterocycles. The van der Waals surface area contributed by atoms with E-state index in [1.54, 1.807) is 24.3 Å². The number of aromatic nitrogens is 2. The van der Waals surface area contributed by atoms with E-state index in [9.17, 15) is 27.6 Å². The van der Waals surface area contributed by atoms with Crippen molar-refractivity contribution in [2.45, 2.75) is 31.8 Å². The molecule has 0 aliphatic carbocycles. The van der Waals surface area contributed by atoms with Crippen LogP contribution in [-0.4, -0.2) is 84.7 Å². The van der Waals surface area contributed by atoms with Crippen molar-refractivity contribution in [1.82, 2.24) is 20.2 Å². The van der Waals surface area contributed by atoms with Crippen LogP contribution in [0.4, 0.5) is 19.1 Å². The first kappa shape index (κ1) is 31.4. The summed E-state index contributed by atoms with van der Waals surface area (Å²) in [6.45, 7) is 1.75. The van der Waals surface area contributed by atoms with Crippen LogP contribution in [0.15, 0.2) is 47.0 Å². The van der Waals surface area contributed by atoms with Gasteiger partial charge < -0.3 is 29.3 Å². The summed E-state index contributed by atoms with van der Waals surface area (Å²) >= 11 is 0. The molecule has 1 unspecified atom stereocenters. The molecule has 0 spiro atoms. The lowest BCUT2D eigenvalue weighted by Crippen LogP contribution is -2.67. The highest BCUT2D eigenvalue weighted by Gasteiger charge is 2.59.